The molecule has 0 aliphatic carbocycles. The summed E-state index contributed by atoms with van der Waals surface area (Å²) in [5.41, 5.74) is 15.9. The summed E-state index contributed by atoms with van der Waals surface area (Å²) in [5.74, 6) is 0. The zero-order valence-corrected chi connectivity index (χ0v) is 35.6. The first-order chi connectivity index (χ1) is 32.3. The third-order valence-electron chi connectivity index (χ3n) is 13.6. The molecule has 0 atom stereocenters. The number of aromatic nitrogens is 1. The summed E-state index contributed by atoms with van der Waals surface area (Å²) in [6.45, 7) is 0. The van der Waals surface area contributed by atoms with Crippen molar-refractivity contribution in [1.82, 2.24) is 4.57 Å². The van der Waals surface area contributed by atoms with Gasteiger partial charge in [0.15, 0.2) is 0 Å². The van der Waals surface area contributed by atoms with Gasteiger partial charge in [0.2, 0.25) is 0 Å². The molecule has 1 aromatic heterocycles. The van der Waals surface area contributed by atoms with Crippen molar-refractivity contribution in [3.63, 3.8) is 0 Å². The molecule has 13 rings (SSSR count). The topological polar surface area (TPSA) is 4.93 Å². The van der Waals surface area contributed by atoms with Crippen LogP contribution in [0.3, 0.4) is 0 Å². The van der Waals surface area contributed by atoms with Crippen LogP contribution in [0.4, 0.5) is 0 Å². The Morgan fingerprint density at radius 2 is 0.523 bits per heavy atom. The van der Waals surface area contributed by atoms with Gasteiger partial charge in [-0.1, -0.05) is 212 Å². The molecule has 1 heterocycles. The van der Waals surface area contributed by atoms with Crippen LogP contribution in [0.25, 0.3) is 126 Å². The molecule has 13 aromatic rings. The van der Waals surface area contributed by atoms with E-state index in [1.54, 1.807) is 0 Å². The van der Waals surface area contributed by atoms with Crippen LogP contribution < -0.4 is 0 Å². The first-order valence-electron chi connectivity index (χ1n) is 22.5. The van der Waals surface area contributed by atoms with Gasteiger partial charge in [0.1, 0.15) is 0 Å². The minimum Gasteiger partial charge on any atom is -0.309 e. The van der Waals surface area contributed by atoms with E-state index in [0.717, 1.165) is 0 Å². The van der Waals surface area contributed by atoms with Crippen LogP contribution in [0.5, 0.6) is 0 Å². The van der Waals surface area contributed by atoms with E-state index in [4.69, 9.17) is 0 Å². The van der Waals surface area contributed by atoms with Crippen LogP contribution in [-0.2, 0) is 0 Å². The van der Waals surface area contributed by atoms with Crippen molar-refractivity contribution in [2.75, 3.05) is 0 Å². The molecule has 1 nitrogen and oxygen atoms in total. The third kappa shape index (κ3) is 5.94. The fourth-order valence-electron chi connectivity index (χ4n) is 10.8. The summed E-state index contributed by atoms with van der Waals surface area (Å²) in [7, 11) is 0. The highest BCUT2D eigenvalue weighted by Gasteiger charge is 2.21. The minimum absolute atomic E-state index is 1.17. The van der Waals surface area contributed by atoms with Gasteiger partial charge in [0.25, 0.3) is 0 Å². The van der Waals surface area contributed by atoms with E-state index in [9.17, 15) is 0 Å². The third-order valence-corrected chi connectivity index (χ3v) is 13.6. The zero-order valence-electron chi connectivity index (χ0n) is 35.6. The molecule has 0 amide bonds. The summed E-state index contributed by atoms with van der Waals surface area (Å²) in [5, 5.41) is 12.5. The number of rotatable bonds is 6. The van der Waals surface area contributed by atoms with Gasteiger partial charge >= 0.3 is 0 Å². The van der Waals surface area contributed by atoms with E-state index in [1.165, 1.54) is 126 Å². The predicted octanol–water partition coefficient (Wildman–Crippen LogP) is 17.7. The predicted molar refractivity (Wildman–Crippen MR) is 278 cm³/mol. The Morgan fingerprint density at radius 1 is 0.185 bits per heavy atom. The van der Waals surface area contributed by atoms with Crippen molar-refractivity contribution in [2.45, 2.75) is 0 Å². The monoisotopic (exact) mass is 823 g/mol. The van der Waals surface area contributed by atoms with Gasteiger partial charge in [-0.2, -0.15) is 0 Å². The summed E-state index contributed by atoms with van der Waals surface area (Å²) < 4.78 is 2.39. The van der Waals surface area contributed by atoms with E-state index >= 15 is 0 Å². The van der Waals surface area contributed by atoms with Crippen molar-refractivity contribution in [3.8, 4) is 61.3 Å². The minimum atomic E-state index is 1.17. The lowest BCUT2D eigenvalue weighted by Gasteiger charge is -2.20. The lowest BCUT2D eigenvalue weighted by atomic mass is 9.83. The summed E-state index contributed by atoms with van der Waals surface area (Å²) in [6.07, 6.45) is 0. The average molecular weight is 824 g/mol. The van der Waals surface area contributed by atoms with Crippen molar-refractivity contribution >= 4 is 64.9 Å². The summed E-state index contributed by atoms with van der Waals surface area (Å²) in [4.78, 5) is 0. The van der Waals surface area contributed by atoms with E-state index in [2.05, 4.69) is 253 Å². The Morgan fingerprint density at radius 3 is 1.06 bits per heavy atom. The molecule has 0 unspecified atom stereocenters. The normalized spacial score (nSPS) is 11.7. The zero-order chi connectivity index (χ0) is 42.8. The molecule has 65 heavy (non-hydrogen) atoms. The Kier molecular flexibility index (Phi) is 8.60. The van der Waals surface area contributed by atoms with Crippen molar-refractivity contribution in [1.29, 1.82) is 0 Å². The van der Waals surface area contributed by atoms with E-state index in [-0.39, 0.29) is 0 Å². The molecule has 0 aliphatic heterocycles. The highest BCUT2D eigenvalue weighted by molar-refractivity contribution is 6.24. The summed E-state index contributed by atoms with van der Waals surface area (Å²) >= 11 is 0. The molecule has 302 valence electrons. The summed E-state index contributed by atoms with van der Waals surface area (Å²) in [6, 6.07) is 91.5. The van der Waals surface area contributed by atoms with Crippen LogP contribution in [-0.4, -0.2) is 4.57 Å². The Hall–Kier alpha value is -8.52. The molecular formula is C64H41N. The molecule has 1 heteroatoms. The van der Waals surface area contributed by atoms with Gasteiger partial charge in [-0.15, -0.1) is 0 Å². The lowest BCUT2D eigenvalue weighted by molar-refractivity contribution is 1.18. The van der Waals surface area contributed by atoms with Crippen LogP contribution >= 0.6 is 0 Å². The first kappa shape index (κ1) is 37.1. The molecule has 12 aromatic carbocycles. The van der Waals surface area contributed by atoms with Crippen LogP contribution in [0.2, 0.25) is 0 Å². The number of hydrogen-bond acceptors (Lipinski definition) is 0. The lowest BCUT2D eigenvalue weighted by Crippen LogP contribution is -1.93. The highest BCUT2D eigenvalue weighted by atomic mass is 15.0. The number of para-hydroxylation sites is 2. The van der Waals surface area contributed by atoms with E-state index in [1.807, 2.05) is 0 Å². The second-order valence-electron chi connectivity index (χ2n) is 17.1. The van der Waals surface area contributed by atoms with Crippen LogP contribution in [0.15, 0.2) is 249 Å². The standard InChI is InChI=1S/C64H41N/c1-4-18-42(19-5-1)46-36-38-56-58(40-46)63(43-20-6-2-7-21-43)53-28-13-10-25-50(53)62(56)45-34-32-44(33-35-45)61-51-26-11-14-29-54(51)64(55-30-15-12-27-52(55)61)47-37-39-60-57(41-47)49-24-16-17-31-59(49)65(60)48-22-8-3-9-23-48/h1-41H. The van der Waals surface area contributed by atoms with Crippen LogP contribution in [0.1, 0.15) is 0 Å². The second kappa shape index (κ2) is 15.1. The van der Waals surface area contributed by atoms with Crippen molar-refractivity contribution in [3.05, 3.63) is 249 Å². The van der Waals surface area contributed by atoms with Crippen LogP contribution in [0, 0.1) is 0 Å². The Labute approximate surface area is 377 Å². The molecule has 0 saturated carbocycles. The maximum Gasteiger partial charge on any atom is 0.0541 e. The Bertz CT molecular complexity index is 3900. The molecule has 0 aliphatic rings. The van der Waals surface area contributed by atoms with Gasteiger partial charge in [-0.05, 0) is 135 Å². The van der Waals surface area contributed by atoms with Crippen molar-refractivity contribution in [2.24, 2.45) is 0 Å². The molecule has 0 fully saturated rings. The maximum absolute atomic E-state index is 2.42. The SMILES string of the molecule is c1ccc(-c2ccc3c(-c4ccc(-c5c6ccccc6c(-c6ccc7c(c6)c6ccccc6n7-c6ccccc6)c6ccccc56)cc4)c4ccccc4c(-c4ccccc4)c3c2)cc1. The van der Waals surface area contributed by atoms with E-state index in [0.29, 0.717) is 0 Å². The molecule has 0 spiro atoms. The number of nitrogens with zero attached hydrogens (tertiary/aromatic N) is 1. The van der Waals surface area contributed by atoms with Gasteiger partial charge < -0.3 is 4.57 Å². The largest absolute Gasteiger partial charge is 0.309 e. The van der Waals surface area contributed by atoms with Gasteiger partial charge in [-0.25, -0.2) is 0 Å². The molecular weight excluding hydrogens is 783 g/mol. The van der Waals surface area contributed by atoms with Gasteiger partial charge in [0, 0.05) is 16.5 Å². The first-order valence-corrected chi connectivity index (χ1v) is 22.5. The fraction of sp³-hybridized carbons (Fsp3) is 0. The van der Waals surface area contributed by atoms with Gasteiger partial charge in [0.05, 0.1) is 11.0 Å². The molecule has 0 N–H and O–H groups in total. The number of fused-ring (bicyclic) bond motifs is 7. The molecule has 0 bridgehead atoms. The second-order valence-corrected chi connectivity index (χ2v) is 17.1. The van der Waals surface area contributed by atoms with Crippen molar-refractivity contribution < 1.29 is 0 Å². The maximum atomic E-state index is 2.42. The quantitative estimate of drug-likeness (QED) is 0.147. The highest BCUT2D eigenvalue weighted by Crippen LogP contribution is 2.48. The smallest absolute Gasteiger partial charge is 0.0541 e. The number of benzene rings is 12. The molecule has 0 radical (unpaired) electrons. The fourth-order valence-corrected chi connectivity index (χ4v) is 10.8. The molecule has 0 saturated heterocycles. The number of hydrogen-bond donors (Lipinski definition) is 0. The van der Waals surface area contributed by atoms with E-state index < -0.39 is 0 Å². The average Bonchev–Trinajstić information content (AvgIpc) is 3.71. The van der Waals surface area contributed by atoms with Gasteiger partial charge in [-0.3, -0.25) is 0 Å². The Balaban J connectivity index is 1.00.